The lowest BCUT2D eigenvalue weighted by atomic mass is 10.1. The largest absolute Gasteiger partial charge is 0.465 e. The second-order valence-corrected chi connectivity index (χ2v) is 4.42. The van der Waals surface area contributed by atoms with Crippen molar-refractivity contribution in [1.29, 1.82) is 0 Å². The Balaban J connectivity index is 2.26. The number of rotatable bonds is 7. The SMILES string of the molecule is CCCCCCc1ccc(CN(C)C)o1. The zero-order valence-corrected chi connectivity index (χ0v) is 10.3. The maximum Gasteiger partial charge on any atom is 0.118 e. The lowest BCUT2D eigenvalue weighted by molar-refractivity contribution is 0.340. The Hall–Kier alpha value is -0.760. The van der Waals surface area contributed by atoms with Crippen molar-refractivity contribution in [3.8, 4) is 0 Å². The Kier molecular flexibility index (Phi) is 5.48. The Morgan fingerprint density at radius 2 is 1.80 bits per heavy atom. The Labute approximate surface area is 93.3 Å². The molecule has 0 amide bonds. The van der Waals surface area contributed by atoms with Gasteiger partial charge in [-0.05, 0) is 32.6 Å². The van der Waals surface area contributed by atoms with Crippen LogP contribution in [0.3, 0.4) is 0 Å². The molecule has 0 bridgehead atoms. The third-order valence-corrected chi connectivity index (χ3v) is 2.47. The van der Waals surface area contributed by atoms with Crippen LogP contribution in [0.2, 0.25) is 0 Å². The van der Waals surface area contributed by atoms with Gasteiger partial charge in [-0.25, -0.2) is 0 Å². The van der Waals surface area contributed by atoms with Crippen molar-refractivity contribution in [3.05, 3.63) is 23.7 Å². The molecule has 0 aromatic carbocycles. The first kappa shape index (κ1) is 12.3. The van der Waals surface area contributed by atoms with Gasteiger partial charge in [-0.15, -0.1) is 0 Å². The van der Waals surface area contributed by atoms with E-state index in [0.717, 1.165) is 24.5 Å². The van der Waals surface area contributed by atoms with Crippen LogP contribution < -0.4 is 0 Å². The van der Waals surface area contributed by atoms with E-state index in [4.69, 9.17) is 4.42 Å². The van der Waals surface area contributed by atoms with Gasteiger partial charge in [0.25, 0.3) is 0 Å². The number of hydrogen-bond donors (Lipinski definition) is 0. The summed E-state index contributed by atoms with van der Waals surface area (Å²) in [5.41, 5.74) is 0. The summed E-state index contributed by atoms with van der Waals surface area (Å²) in [6.07, 6.45) is 6.30. The molecule has 0 atom stereocenters. The van der Waals surface area contributed by atoms with Crippen molar-refractivity contribution >= 4 is 0 Å². The van der Waals surface area contributed by atoms with E-state index in [0.29, 0.717) is 0 Å². The molecule has 0 aliphatic carbocycles. The maximum atomic E-state index is 5.73. The van der Waals surface area contributed by atoms with E-state index in [2.05, 4.69) is 38.1 Å². The van der Waals surface area contributed by atoms with Crippen molar-refractivity contribution in [2.75, 3.05) is 14.1 Å². The fraction of sp³-hybridized carbons (Fsp3) is 0.692. The zero-order valence-electron chi connectivity index (χ0n) is 10.3. The van der Waals surface area contributed by atoms with E-state index in [1.165, 1.54) is 25.7 Å². The fourth-order valence-electron chi connectivity index (χ4n) is 1.68. The number of aryl methyl sites for hydroxylation is 1. The minimum atomic E-state index is 0.898. The number of furan rings is 1. The first-order valence-electron chi connectivity index (χ1n) is 5.94. The highest BCUT2D eigenvalue weighted by molar-refractivity contribution is 5.07. The van der Waals surface area contributed by atoms with E-state index in [1.54, 1.807) is 0 Å². The van der Waals surface area contributed by atoms with Gasteiger partial charge >= 0.3 is 0 Å². The lowest BCUT2D eigenvalue weighted by Gasteiger charge is -2.05. The molecule has 2 nitrogen and oxygen atoms in total. The molecule has 0 aliphatic rings. The van der Waals surface area contributed by atoms with Crippen LogP contribution in [0.4, 0.5) is 0 Å². The van der Waals surface area contributed by atoms with Gasteiger partial charge in [-0.3, -0.25) is 0 Å². The summed E-state index contributed by atoms with van der Waals surface area (Å²) in [4.78, 5) is 2.12. The molecule has 0 unspecified atom stereocenters. The first-order chi connectivity index (χ1) is 7.22. The van der Waals surface area contributed by atoms with E-state index in [-0.39, 0.29) is 0 Å². The molecule has 1 aromatic rings. The Morgan fingerprint density at radius 1 is 1.07 bits per heavy atom. The standard InChI is InChI=1S/C13H23NO/c1-4-5-6-7-8-12-9-10-13(15-12)11-14(2)3/h9-10H,4-8,11H2,1-3H3. The summed E-state index contributed by atoms with van der Waals surface area (Å²) in [7, 11) is 4.12. The minimum absolute atomic E-state index is 0.898. The number of nitrogens with zero attached hydrogens (tertiary/aromatic N) is 1. The van der Waals surface area contributed by atoms with Crippen LogP contribution in [0.15, 0.2) is 16.5 Å². The van der Waals surface area contributed by atoms with Crippen molar-refractivity contribution in [2.45, 2.75) is 45.6 Å². The van der Waals surface area contributed by atoms with E-state index in [9.17, 15) is 0 Å². The fourth-order valence-corrected chi connectivity index (χ4v) is 1.68. The highest BCUT2D eigenvalue weighted by atomic mass is 16.3. The maximum absolute atomic E-state index is 5.73. The van der Waals surface area contributed by atoms with Gasteiger partial charge in [-0.1, -0.05) is 26.2 Å². The molecule has 0 N–H and O–H groups in total. The molecule has 15 heavy (non-hydrogen) atoms. The third kappa shape index (κ3) is 5.03. The molecule has 1 heterocycles. The second-order valence-electron chi connectivity index (χ2n) is 4.42. The quantitative estimate of drug-likeness (QED) is 0.639. The van der Waals surface area contributed by atoms with Crippen molar-refractivity contribution in [2.24, 2.45) is 0 Å². The summed E-state index contributed by atoms with van der Waals surface area (Å²) in [6.45, 7) is 3.14. The van der Waals surface area contributed by atoms with Gasteiger partial charge < -0.3 is 9.32 Å². The molecule has 0 fully saturated rings. The van der Waals surface area contributed by atoms with Crippen LogP contribution in [0, 0.1) is 0 Å². The van der Waals surface area contributed by atoms with Crippen molar-refractivity contribution < 1.29 is 4.42 Å². The van der Waals surface area contributed by atoms with E-state index >= 15 is 0 Å². The lowest BCUT2D eigenvalue weighted by Crippen LogP contribution is -2.09. The molecule has 86 valence electrons. The monoisotopic (exact) mass is 209 g/mol. The predicted octanol–water partition coefficient (Wildman–Crippen LogP) is 3.46. The molecule has 0 saturated carbocycles. The van der Waals surface area contributed by atoms with Gasteiger partial charge in [0.15, 0.2) is 0 Å². The Morgan fingerprint density at radius 3 is 2.47 bits per heavy atom. The summed E-state index contributed by atoms with van der Waals surface area (Å²) >= 11 is 0. The van der Waals surface area contributed by atoms with Crippen molar-refractivity contribution in [3.63, 3.8) is 0 Å². The topological polar surface area (TPSA) is 16.4 Å². The third-order valence-electron chi connectivity index (χ3n) is 2.47. The average molecular weight is 209 g/mol. The summed E-state index contributed by atoms with van der Waals surface area (Å²) < 4.78 is 5.73. The van der Waals surface area contributed by atoms with Gasteiger partial charge in [0.2, 0.25) is 0 Å². The van der Waals surface area contributed by atoms with Gasteiger partial charge in [0, 0.05) is 6.42 Å². The van der Waals surface area contributed by atoms with Crippen LogP contribution in [0.25, 0.3) is 0 Å². The Bertz CT molecular complexity index is 265. The summed E-state index contributed by atoms with van der Waals surface area (Å²) in [5.74, 6) is 2.22. The first-order valence-corrected chi connectivity index (χ1v) is 5.94. The van der Waals surface area contributed by atoms with Crippen LogP contribution in [-0.2, 0) is 13.0 Å². The molecule has 0 saturated heterocycles. The predicted molar refractivity (Wildman–Crippen MR) is 63.9 cm³/mol. The number of hydrogen-bond acceptors (Lipinski definition) is 2. The smallest absolute Gasteiger partial charge is 0.118 e. The molecule has 1 aromatic heterocycles. The van der Waals surface area contributed by atoms with Gasteiger partial charge in [0.05, 0.1) is 6.54 Å². The van der Waals surface area contributed by atoms with E-state index in [1.807, 2.05) is 0 Å². The molecule has 0 aliphatic heterocycles. The molecule has 0 radical (unpaired) electrons. The molecule has 0 spiro atoms. The van der Waals surface area contributed by atoms with Gasteiger partial charge in [-0.2, -0.15) is 0 Å². The molecular weight excluding hydrogens is 186 g/mol. The average Bonchev–Trinajstić information content (AvgIpc) is 2.59. The van der Waals surface area contributed by atoms with Crippen LogP contribution >= 0.6 is 0 Å². The zero-order chi connectivity index (χ0) is 11.1. The second kappa shape index (κ2) is 6.67. The van der Waals surface area contributed by atoms with Crippen molar-refractivity contribution in [1.82, 2.24) is 4.90 Å². The summed E-state index contributed by atoms with van der Waals surface area (Å²) in [6, 6.07) is 4.21. The molecule has 2 heteroatoms. The highest BCUT2D eigenvalue weighted by Gasteiger charge is 2.02. The molecular formula is C13H23NO. The highest BCUT2D eigenvalue weighted by Crippen LogP contribution is 2.13. The summed E-state index contributed by atoms with van der Waals surface area (Å²) in [5, 5.41) is 0. The van der Waals surface area contributed by atoms with Gasteiger partial charge in [0.1, 0.15) is 11.5 Å². The molecule has 1 rings (SSSR count). The van der Waals surface area contributed by atoms with Crippen LogP contribution in [-0.4, -0.2) is 19.0 Å². The minimum Gasteiger partial charge on any atom is -0.465 e. The number of unbranched alkanes of at least 4 members (excludes halogenated alkanes) is 3. The normalized spacial score (nSPS) is 11.2. The van der Waals surface area contributed by atoms with Crippen LogP contribution in [0.1, 0.15) is 44.1 Å². The van der Waals surface area contributed by atoms with Crippen LogP contribution in [0.5, 0.6) is 0 Å². The van der Waals surface area contributed by atoms with E-state index < -0.39 is 0 Å².